The molecule has 23 heavy (non-hydrogen) atoms. The highest BCUT2D eigenvalue weighted by atomic mass is 32.2. The molecule has 0 fully saturated rings. The number of hydrogen-bond acceptors (Lipinski definition) is 5. The van der Waals surface area contributed by atoms with Crippen molar-refractivity contribution in [3.05, 3.63) is 71.7 Å². The minimum Gasteiger partial charge on any atom is -0.366 e. The molecule has 0 unspecified atom stereocenters. The van der Waals surface area contributed by atoms with E-state index in [4.69, 9.17) is 0 Å². The molecule has 0 radical (unpaired) electrons. The lowest BCUT2D eigenvalue weighted by Gasteiger charge is -2.08. The zero-order valence-electron chi connectivity index (χ0n) is 12.1. The average molecular weight is 345 g/mol. The number of hydrogen-bond donors (Lipinski definition) is 2. The van der Waals surface area contributed by atoms with E-state index < -0.39 is 10.0 Å². The van der Waals surface area contributed by atoms with Gasteiger partial charge in [-0.05, 0) is 29.1 Å². The van der Waals surface area contributed by atoms with Gasteiger partial charge in [0.05, 0.1) is 11.9 Å². The van der Waals surface area contributed by atoms with Gasteiger partial charge in [0, 0.05) is 6.54 Å². The largest absolute Gasteiger partial charge is 0.366 e. The third kappa shape index (κ3) is 4.08. The molecule has 0 spiro atoms. The van der Waals surface area contributed by atoms with E-state index in [1.807, 2.05) is 30.3 Å². The van der Waals surface area contributed by atoms with E-state index in [1.165, 1.54) is 17.5 Å². The average Bonchev–Trinajstić information content (AvgIpc) is 3.10. The lowest BCUT2D eigenvalue weighted by atomic mass is 10.2. The Morgan fingerprint density at radius 2 is 1.83 bits per heavy atom. The number of anilines is 2. The van der Waals surface area contributed by atoms with E-state index in [-0.39, 0.29) is 4.21 Å². The quantitative estimate of drug-likeness (QED) is 0.717. The Kier molecular flexibility index (Phi) is 4.59. The highest BCUT2D eigenvalue weighted by Gasteiger charge is 2.15. The van der Waals surface area contributed by atoms with Crippen LogP contribution in [0.25, 0.3) is 0 Å². The molecule has 0 aliphatic rings. The molecular formula is C16H15N3O2S2. The van der Waals surface area contributed by atoms with Gasteiger partial charge in [-0.25, -0.2) is 13.4 Å². The van der Waals surface area contributed by atoms with E-state index in [1.54, 1.807) is 29.6 Å². The molecule has 3 aromatic rings. The van der Waals surface area contributed by atoms with Gasteiger partial charge in [-0.3, -0.25) is 4.72 Å². The molecule has 0 bridgehead atoms. The van der Waals surface area contributed by atoms with Gasteiger partial charge in [-0.2, -0.15) is 0 Å². The van der Waals surface area contributed by atoms with Crippen molar-refractivity contribution in [1.29, 1.82) is 0 Å². The van der Waals surface area contributed by atoms with Crippen molar-refractivity contribution < 1.29 is 8.42 Å². The van der Waals surface area contributed by atoms with E-state index in [2.05, 4.69) is 15.0 Å². The summed E-state index contributed by atoms with van der Waals surface area (Å²) >= 11 is 1.17. The summed E-state index contributed by atoms with van der Waals surface area (Å²) in [6.45, 7) is 0.661. The highest BCUT2D eigenvalue weighted by Crippen LogP contribution is 2.20. The molecule has 1 aromatic carbocycles. The maximum atomic E-state index is 12.1. The van der Waals surface area contributed by atoms with E-state index in [0.29, 0.717) is 18.1 Å². The first-order valence-corrected chi connectivity index (χ1v) is 9.30. The van der Waals surface area contributed by atoms with Gasteiger partial charge in [-0.1, -0.05) is 36.4 Å². The lowest BCUT2D eigenvalue weighted by Crippen LogP contribution is -2.11. The first-order chi connectivity index (χ1) is 11.1. The van der Waals surface area contributed by atoms with Crippen molar-refractivity contribution in [2.24, 2.45) is 0 Å². The molecule has 0 atom stereocenters. The molecule has 7 heteroatoms. The zero-order valence-corrected chi connectivity index (χ0v) is 13.8. The predicted molar refractivity (Wildman–Crippen MR) is 93.1 cm³/mol. The Morgan fingerprint density at radius 3 is 2.48 bits per heavy atom. The molecule has 0 aliphatic heterocycles. The van der Waals surface area contributed by atoms with Crippen molar-refractivity contribution in [2.75, 3.05) is 10.0 Å². The van der Waals surface area contributed by atoms with Crippen LogP contribution in [0.15, 0.2) is 70.4 Å². The van der Waals surface area contributed by atoms with Crippen molar-refractivity contribution in [3.63, 3.8) is 0 Å². The van der Waals surface area contributed by atoms with Crippen LogP contribution >= 0.6 is 11.3 Å². The number of aromatic nitrogens is 1. The van der Waals surface area contributed by atoms with E-state index in [9.17, 15) is 8.42 Å². The second-order valence-electron chi connectivity index (χ2n) is 4.81. The fraction of sp³-hybridized carbons (Fsp3) is 0.0625. The molecule has 2 N–H and O–H groups in total. The Bertz CT molecular complexity index is 846. The molecule has 0 aliphatic carbocycles. The summed E-state index contributed by atoms with van der Waals surface area (Å²) in [4.78, 5) is 4.22. The van der Waals surface area contributed by atoms with Crippen LogP contribution < -0.4 is 10.0 Å². The molecule has 118 valence electrons. The third-order valence-corrected chi connectivity index (χ3v) is 5.87. The van der Waals surface area contributed by atoms with Gasteiger partial charge in [0.2, 0.25) is 0 Å². The maximum Gasteiger partial charge on any atom is 0.271 e. The zero-order chi connectivity index (χ0) is 16.1. The normalized spacial score (nSPS) is 11.1. The second-order valence-corrected chi connectivity index (χ2v) is 7.67. The van der Waals surface area contributed by atoms with Gasteiger partial charge in [-0.15, -0.1) is 11.3 Å². The summed E-state index contributed by atoms with van der Waals surface area (Å²) in [5.74, 6) is 0.688. The smallest absolute Gasteiger partial charge is 0.271 e. The van der Waals surface area contributed by atoms with Gasteiger partial charge >= 0.3 is 0 Å². The monoisotopic (exact) mass is 345 g/mol. The van der Waals surface area contributed by atoms with Gasteiger partial charge in [0.15, 0.2) is 0 Å². The number of rotatable bonds is 6. The molecule has 3 rings (SSSR count). The topological polar surface area (TPSA) is 71.1 Å². The third-order valence-electron chi connectivity index (χ3n) is 3.09. The van der Waals surface area contributed by atoms with Crippen LogP contribution in [0.3, 0.4) is 0 Å². The van der Waals surface area contributed by atoms with Crippen molar-refractivity contribution >= 4 is 32.9 Å². The summed E-state index contributed by atoms with van der Waals surface area (Å²) in [6, 6.07) is 16.7. The van der Waals surface area contributed by atoms with Gasteiger partial charge in [0.25, 0.3) is 10.0 Å². The minimum atomic E-state index is -3.53. The number of benzene rings is 1. The van der Waals surface area contributed by atoms with E-state index in [0.717, 1.165) is 5.56 Å². The van der Waals surface area contributed by atoms with Crippen LogP contribution in [0, 0.1) is 0 Å². The molecule has 0 saturated carbocycles. The lowest BCUT2D eigenvalue weighted by molar-refractivity contribution is 0.603. The second kappa shape index (κ2) is 6.80. The first-order valence-electron chi connectivity index (χ1n) is 6.94. The summed E-state index contributed by atoms with van der Waals surface area (Å²) in [5.41, 5.74) is 1.58. The summed E-state index contributed by atoms with van der Waals surface area (Å²) in [6.07, 6.45) is 1.50. The Balaban J connectivity index is 1.63. The van der Waals surface area contributed by atoms with Crippen molar-refractivity contribution in [3.8, 4) is 0 Å². The standard InChI is InChI=1S/C16H15N3O2S2/c20-23(21,16-7-4-10-22-16)19-14-8-9-15(18-12-14)17-11-13-5-2-1-3-6-13/h1-10,12,19H,11H2,(H,17,18). The van der Waals surface area contributed by atoms with Crippen LogP contribution in [0.5, 0.6) is 0 Å². The van der Waals surface area contributed by atoms with Crippen LogP contribution in [-0.4, -0.2) is 13.4 Å². The summed E-state index contributed by atoms with van der Waals surface area (Å²) in [5, 5.41) is 4.92. The van der Waals surface area contributed by atoms with Crippen molar-refractivity contribution in [2.45, 2.75) is 10.8 Å². The fourth-order valence-electron chi connectivity index (χ4n) is 1.97. The molecule has 0 saturated heterocycles. The fourth-order valence-corrected chi connectivity index (χ4v) is 4.01. The van der Waals surface area contributed by atoms with Crippen LogP contribution in [0.2, 0.25) is 0 Å². The highest BCUT2D eigenvalue weighted by molar-refractivity contribution is 7.94. The SMILES string of the molecule is O=S(=O)(Nc1ccc(NCc2ccccc2)nc1)c1cccs1. The number of nitrogens with zero attached hydrogens (tertiary/aromatic N) is 1. The van der Waals surface area contributed by atoms with Crippen LogP contribution in [0.4, 0.5) is 11.5 Å². The van der Waals surface area contributed by atoms with Crippen LogP contribution in [0.1, 0.15) is 5.56 Å². The number of pyridine rings is 1. The van der Waals surface area contributed by atoms with Crippen LogP contribution in [-0.2, 0) is 16.6 Å². The summed E-state index contributed by atoms with van der Waals surface area (Å²) in [7, 11) is -3.53. The van der Waals surface area contributed by atoms with Gasteiger partial charge < -0.3 is 5.32 Å². The molecule has 5 nitrogen and oxygen atoms in total. The van der Waals surface area contributed by atoms with Crippen molar-refractivity contribution in [1.82, 2.24) is 4.98 Å². The Labute approximate surface area is 139 Å². The molecule has 0 amide bonds. The molecular weight excluding hydrogens is 330 g/mol. The number of sulfonamides is 1. The molecule has 2 aromatic heterocycles. The maximum absolute atomic E-state index is 12.1. The molecule has 2 heterocycles. The van der Waals surface area contributed by atoms with Gasteiger partial charge in [0.1, 0.15) is 10.0 Å². The number of thiophene rings is 1. The number of nitrogens with one attached hydrogen (secondary N) is 2. The Morgan fingerprint density at radius 1 is 1.00 bits per heavy atom. The van der Waals surface area contributed by atoms with E-state index >= 15 is 0 Å². The summed E-state index contributed by atoms with van der Waals surface area (Å²) < 4.78 is 27.0. The predicted octanol–water partition coefficient (Wildman–Crippen LogP) is 3.56. The Hall–Kier alpha value is -2.38. The minimum absolute atomic E-state index is 0.281. The first kappa shape index (κ1) is 15.5.